The molecule has 0 radical (unpaired) electrons. The van der Waals surface area contributed by atoms with Crippen LogP contribution in [0.5, 0.6) is 5.75 Å². The van der Waals surface area contributed by atoms with E-state index in [-0.39, 0.29) is 46.9 Å². The number of sulfonamides is 1. The van der Waals surface area contributed by atoms with Gasteiger partial charge in [0, 0.05) is 19.2 Å². The molecule has 1 aliphatic rings. The predicted octanol–water partition coefficient (Wildman–Crippen LogP) is 2.14. The lowest BCUT2D eigenvalue weighted by molar-refractivity contribution is -0.388. The highest BCUT2D eigenvalue weighted by atomic mass is 32.2. The largest absolute Gasteiger partial charge is 0.492 e. The number of hydrogen-bond donors (Lipinski definition) is 0. The molecule has 1 saturated heterocycles. The van der Waals surface area contributed by atoms with Crippen LogP contribution in [0.3, 0.4) is 0 Å². The zero-order chi connectivity index (χ0) is 23.4. The summed E-state index contributed by atoms with van der Waals surface area (Å²) in [6.07, 6.45) is 0. The number of ether oxygens (including phenoxy) is 2. The second-order valence-corrected chi connectivity index (χ2v) is 9.73. The maximum absolute atomic E-state index is 12.9. The molecule has 4 rings (SSSR count). The highest BCUT2D eigenvalue weighted by molar-refractivity contribution is 7.99. The zero-order valence-corrected chi connectivity index (χ0v) is 19.2. The SMILES string of the molecule is CCOc1ccccc1-n1nnnc1Sc1ccc(S(=O)(=O)N2CCOCC2)cc1[N+](=O)[O-]. The Labute approximate surface area is 193 Å². The number of benzene rings is 2. The third-order valence-corrected chi connectivity index (χ3v) is 7.67. The summed E-state index contributed by atoms with van der Waals surface area (Å²) in [5, 5.41) is 23.7. The summed E-state index contributed by atoms with van der Waals surface area (Å²) in [6.45, 7) is 3.23. The average molecular weight is 493 g/mol. The van der Waals surface area contributed by atoms with E-state index in [0.29, 0.717) is 18.0 Å². The zero-order valence-electron chi connectivity index (χ0n) is 17.5. The van der Waals surface area contributed by atoms with Crippen LogP contribution in [0.4, 0.5) is 5.69 Å². The van der Waals surface area contributed by atoms with Gasteiger partial charge in [0.2, 0.25) is 15.2 Å². The van der Waals surface area contributed by atoms with Crippen molar-refractivity contribution in [3.8, 4) is 11.4 Å². The molecule has 0 amide bonds. The highest BCUT2D eigenvalue weighted by Gasteiger charge is 2.29. The monoisotopic (exact) mass is 492 g/mol. The van der Waals surface area contributed by atoms with E-state index in [4.69, 9.17) is 9.47 Å². The molecule has 2 aromatic carbocycles. The summed E-state index contributed by atoms with van der Waals surface area (Å²) in [5.74, 6) is 0.551. The van der Waals surface area contributed by atoms with Gasteiger partial charge in [0.15, 0.2) is 0 Å². The van der Waals surface area contributed by atoms with E-state index in [1.165, 1.54) is 21.1 Å². The number of para-hydroxylation sites is 2. The Morgan fingerprint density at radius 3 is 2.70 bits per heavy atom. The van der Waals surface area contributed by atoms with E-state index in [0.717, 1.165) is 17.8 Å². The Kier molecular flexibility index (Phi) is 6.88. The summed E-state index contributed by atoms with van der Waals surface area (Å²) in [6, 6.07) is 10.9. The second kappa shape index (κ2) is 9.82. The Morgan fingerprint density at radius 1 is 1.21 bits per heavy atom. The molecule has 0 N–H and O–H groups in total. The van der Waals surface area contributed by atoms with Crippen molar-refractivity contribution < 1.29 is 22.8 Å². The molecule has 1 fully saturated rings. The van der Waals surface area contributed by atoms with Crippen molar-refractivity contribution in [2.24, 2.45) is 0 Å². The molecule has 33 heavy (non-hydrogen) atoms. The van der Waals surface area contributed by atoms with Crippen molar-refractivity contribution in [3.05, 3.63) is 52.6 Å². The van der Waals surface area contributed by atoms with Crippen molar-refractivity contribution >= 4 is 27.5 Å². The van der Waals surface area contributed by atoms with Crippen molar-refractivity contribution in [2.75, 3.05) is 32.9 Å². The number of rotatable bonds is 8. The molecule has 0 atom stereocenters. The summed E-state index contributed by atoms with van der Waals surface area (Å²) in [7, 11) is -3.88. The van der Waals surface area contributed by atoms with Gasteiger partial charge in [0.1, 0.15) is 11.4 Å². The van der Waals surface area contributed by atoms with E-state index in [9.17, 15) is 18.5 Å². The van der Waals surface area contributed by atoms with Gasteiger partial charge >= 0.3 is 0 Å². The van der Waals surface area contributed by atoms with Crippen LogP contribution >= 0.6 is 11.8 Å². The van der Waals surface area contributed by atoms with Crippen molar-refractivity contribution in [2.45, 2.75) is 21.9 Å². The lowest BCUT2D eigenvalue weighted by Gasteiger charge is -2.26. The molecule has 1 aromatic heterocycles. The van der Waals surface area contributed by atoms with Crippen LogP contribution in [0.25, 0.3) is 5.69 Å². The first-order valence-corrected chi connectivity index (χ1v) is 12.2. The maximum Gasteiger partial charge on any atom is 0.284 e. The quantitative estimate of drug-likeness (QED) is 0.339. The van der Waals surface area contributed by atoms with Gasteiger partial charge in [-0.2, -0.15) is 8.99 Å². The minimum atomic E-state index is -3.88. The highest BCUT2D eigenvalue weighted by Crippen LogP contribution is 2.37. The van der Waals surface area contributed by atoms with Crippen molar-refractivity contribution in [3.63, 3.8) is 0 Å². The fourth-order valence-electron chi connectivity index (χ4n) is 3.22. The Bertz CT molecular complexity index is 1260. The number of tetrazole rings is 1. The summed E-state index contributed by atoms with van der Waals surface area (Å²) < 4.78 is 39.3. The standard InChI is InChI=1S/C19H20N6O6S2/c1-2-31-17-6-4-3-5-15(17)24-19(20-21-22-24)32-18-8-7-14(13-16(18)25(26)27)33(28,29)23-9-11-30-12-10-23/h3-8,13H,2,9-12H2,1H3. The number of nitro benzene ring substituents is 1. The van der Waals surface area contributed by atoms with Crippen LogP contribution in [0.1, 0.15) is 6.92 Å². The summed E-state index contributed by atoms with van der Waals surface area (Å²) in [4.78, 5) is 11.2. The van der Waals surface area contributed by atoms with Gasteiger partial charge in [-0.15, -0.1) is 5.10 Å². The Morgan fingerprint density at radius 2 is 1.97 bits per heavy atom. The minimum Gasteiger partial charge on any atom is -0.492 e. The third kappa shape index (κ3) is 4.83. The summed E-state index contributed by atoms with van der Waals surface area (Å²) >= 11 is 0.954. The fourth-order valence-corrected chi connectivity index (χ4v) is 5.52. The van der Waals surface area contributed by atoms with Gasteiger partial charge in [0.05, 0.1) is 34.5 Å². The molecular formula is C19H20N6O6S2. The van der Waals surface area contributed by atoms with Crippen LogP contribution in [0, 0.1) is 10.1 Å². The molecule has 0 bridgehead atoms. The smallest absolute Gasteiger partial charge is 0.284 e. The molecule has 1 aliphatic heterocycles. The second-order valence-electron chi connectivity index (χ2n) is 6.78. The Balaban J connectivity index is 1.68. The Hall–Kier alpha value is -3.07. The number of nitro groups is 1. The maximum atomic E-state index is 12.9. The van der Waals surface area contributed by atoms with Crippen LogP contribution in [-0.4, -0.2) is 70.8 Å². The van der Waals surface area contributed by atoms with E-state index < -0.39 is 14.9 Å². The molecule has 0 aliphatic carbocycles. The van der Waals surface area contributed by atoms with E-state index in [1.807, 2.05) is 13.0 Å². The van der Waals surface area contributed by atoms with E-state index >= 15 is 0 Å². The van der Waals surface area contributed by atoms with Crippen LogP contribution in [0.2, 0.25) is 0 Å². The number of aromatic nitrogens is 4. The molecular weight excluding hydrogens is 472 g/mol. The van der Waals surface area contributed by atoms with Crippen LogP contribution in [-0.2, 0) is 14.8 Å². The first kappa shape index (κ1) is 23.1. The fraction of sp³-hybridized carbons (Fsp3) is 0.316. The van der Waals surface area contributed by atoms with Gasteiger partial charge in [-0.3, -0.25) is 10.1 Å². The third-order valence-electron chi connectivity index (χ3n) is 4.77. The molecule has 14 heteroatoms. The molecule has 2 heterocycles. The molecule has 3 aromatic rings. The van der Waals surface area contributed by atoms with E-state index in [1.54, 1.807) is 18.2 Å². The van der Waals surface area contributed by atoms with Crippen LogP contribution in [0.15, 0.2) is 57.4 Å². The molecule has 12 nitrogen and oxygen atoms in total. The summed E-state index contributed by atoms with van der Waals surface area (Å²) in [5.41, 5.74) is 0.211. The first-order chi connectivity index (χ1) is 15.9. The predicted molar refractivity (Wildman–Crippen MR) is 117 cm³/mol. The van der Waals surface area contributed by atoms with Gasteiger partial charge in [-0.1, -0.05) is 12.1 Å². The molecule has 0 saturated carbocycles. The molecule has 174 valence electrons. The van der Waals surface area contributed by atoms with Gasteiger partial charge < -0.3 is 9.47 Å². The minimum absolute atomic E-state index is 0.151. The van der Waals surface area contributed by atoms with Crippen molar-refractivity contribution in [1.29, 1.82) is 0 Å². The van der Waals surface area contributed by atoms with Crippen molar-refractivity contribution in [1.82, 2.24) is 24.5 Å². The molecule has 0 spiro atoms. The normalized spacial score (nSPS) is 14.8. The first-order valence-electron chi connectivity index (χ1n) is 9.96. The van der Waals surface area contributed by atoms with E-state index in [2.05, 4.69) is 15.5 Å². The number of morpholine rings is 1. The van der Waals surface area contributed by atoms with Crippen LogP contribution < -0.4 is 4.74 Å². The average Bonchev–Trinajstić information content (AvgIpc) is 3.28. The number of nitrogens with zero attached hydrogens (tertiary/aromatic N) is 6. The molecule has 0 unspecified atom stereocenters. The lowest BCUT2D eigenvalue weighted by Crippen LogP contribution is -2.40. The number of hydrogen-bond acceptors (Lipinski definition) is 10. The van der Waals surface area contributed by atoms with Gasteiger partial charge in [0.25, 0.3) is 5.69 Å². The topological polar surface area (TPSA) is 143 Å². The van der Waals surface area contributed by atoms with Gasteiger partial charge in [-0.25, -0.2) is 8.42 Å². The van der Waals surface area contributed by atoms with Gasteiger partial charge in [-0.05, 0) is 53.4 Å². The lowest BCUT2D eigenvalue weighted by atomic mass is 10.3.